The van der Waals surface area contributed by atoms with Crippen LogP contribution in [0.25, 0.3) is 0 Å². The summed E-state index contributed by atoms with van der Waals surface area (Å²) in [5, 5.41) is 8.24. The Morgan fingerprint density at radius 3 is 2.59 bits per heavy atom. The zero-order valence-electron chi connectivity index (χ0n) is 13.5. The van der Waals surface area contributed by atoms with Gasteiger partial charge in [0.05, 0.1) is 0 Å². The highest BCUT2D eigenvalue weighted by Gasteiger charge is 2.25. The first-order valence-electron chi connectivity index (χ1n) is 7.29. The molecule has 22 heavy (non-hydrogen) atoms. The van der Waals surface area contributed by atoms with E-state index in [1.54, 1.807) is 6.07 Å². The smallest absolute Gasteiger partial charge is 0.405 e. The highest BCUT2D eigenvalue weighted by atomic mass is 16.6. The number of rotatable bonds is 7. The van der Waals surface area contributed by atoms with Gasteiger partial charge in [-0.25, -0.2) is 4.79 Å². The minimum atomic E-state index is -0.779. The van der Waals surface area contributed by atoms with Crippen molar-refractivity contribution in [3.8, 4) is 0 Å². The summed E-state index contributed by atoms with van der Waals surface area (Å²) in [6.07, 6.45) is 0.412. The molecular formula is C16H26N4O2. The molecule has 122 valence electrons. The number of nitrogen functional groups attached to an aromatic ring is 1. The summed E-state index contributed by atoms with van der Waals surface area (Å²) in [7, 11) is 0. The molecule has 0 spiro atoms. The molecule has 0 radical (unpaired) electrons. The summed E-state index contributed by atoms with van der Waals surface area (Å²) in [5.41, 5.74) is 18.7. The molecule has 1 unspecified atom stereocenters. The van der Waals surface area contributed by atoms with Gasteiger partial charge in [0.1, 0.15) is 5.60 Å². The van der Waals surface area contributed by atoms with Crippen molar-refractivity contribution in [1.82, 2.24) is 0 Å². The lowest BCUT2D eigenvalue weighted by Gasteiger charge is -2.27. The second-order valence-corrected chi connectivity index (χ2v) is 6.29. The number of benzene rings is 1. The monoisotopic (exact) mass is 306 g/mol. The van der Waals surface area contributed by atoms with E-state index in [4.69, 9.17) is 27.3 Å². The molecule has 0 saturated heterocycles. The largest absolute Gasteiger partial charge is 0.444 e. The molecule has 1 rings (SSSR count). The van der Waals surface area contributed by atoms with Crippen LogP contribution in [0.2, 0.25) is 0 Å². The molecule has 1 atom stereocenters. The molecule has 1 amide bonds. The number of anilines is 1. The summed E-state index contributed by atoms with van der Waals surface area (Å²) >= 11 is 0. The second-order valence-electron chi connectivity index (χ2n) is 6.29. The molecule has 0 fully saturated rings. The summed E-state index contributed by atoms with van der Waals surface area (Å²) in [5.74, 6) is 0.167. The number of nitrogens with one attached hydrogen (secondary N) is 1. The van der Waals surface area contributed by atoms with Gasteiger partial charge in [-0.3, -0.25) is 0 Å². The number of nitrogens with two attached hydrogens (primary N) is 3. The average Bonchev–Trinajstić information content (AvgIpc) is 2.36. The lowest BCUT2D eigenvalue weighted by Crippen LogP contribution is -2.33. The van der Waals surface area contributed by atoms with Crippen LogP contribution >= 0.6 is 0 Å². The van der Waals surface area contributed by atoms with Crippen LogP contribution in [0, 0.1) is 11.3 Å². The van der Waals surface area contributed by atoms with Crippen LogP contribution in [-0.4, -0.2) is 17.4 Å². The van der Waals surface area contributed by atoms with Gasteiger partial charge in [0.25, 0.3) is 0 Å². The molecule has 0 aliphatic carbocycles. The Balaban J connectivity index is 2.70. The zero-order valence-corrected chi connectivity index (χ0v) is 13.5. The van der Waals surface area contributed by atoms with Crippen molar-refractivity contribution >= 4 is 17.5 Å². The Labute approximate surface area is 131 Å². The van der Waals surface area contributed by atoms with Gasteiger partial charge in [-0.05, 0) is 55.9 Å². The maximum absolute atomic E-state index is 10.9. The maximum atomic E-state index is 10.9. The first-order valence-corrected chi connectivity index (χ1v) is 7.29. The molecule has 0 aliphatic heterocycles. The van der Waals surface area contributed by atoms with Gasteiger partial charge < -0.3 is 27.3 Å². The minimum absolute atomic E-state index is 0.167. The van der Waals surface area contributed by atoms with E-state index in [0.717, 1.165) is 11.1 Å². The van der Waals surface area contributed by atoms with E-state index < -0.39 is 11.7 Å². The fourth-order valence-corrected chi connectivity index (χ4v) is 2.66. The predicted octanol–water partition coefficient (Wildman–Crippen LogP) is 2.39. The van der Waals surface area contributed by atoms with Crippen LogP contribution < -0.4 is 17.2 Å². The molecule has 0 aliphatic rings. The number of amides is 1. The second kappa shape index (κ2) is 7.26. The van der Waals surface area contributed by atoms with E-state index >= 15 is 0 Å². The normalized spacial score (nSPS) is 12.7. The van der Waals surface area contributed by atoms with Crippen molar-refractivity contribution in [1.29, 1.82) is 5.41 Å². The predicted molar refractivity (Wildman–Crippen MR) is 88.7 cm³/mol. The zero-order chi connectivity index (χ0) is 16.9. The third-order valence-electron chi connectivity index (χ3n) is 3.48. The number of carbonyl (C=O) groups is 1. The molecule has 0 heterocycles. The number of hydrogen-bond acceptors (Lipinski definition) is 5. The van der Waals surface area contributed by atoms with E-state index in [-0.39, 0.29) is 5.92 Å². The molecule has 0 aromatic heterocycles. The molecule has 1 aromatic rings. The average molecular weight is 306 g/mol. The van der Waals surface area contributed by atoms with Crippen molar-refractivity contribution in [3.63, 3.8) is 0 Å². The molecule has 7 N–H and O–H groups in total. The van der Waals surface area contributed by atoms with Gasteiger partial charge in [0.15, 0.2) is 0 Å². The van der Waals surface area contributed by atoms with Crippen LogP contribution in [0.15, 0.2) is 18.2 Å². The van der Waals surface area contributed by atoms with E-state index in [0.29, 0.717) is 30.8 Å². The van der Waals surface area contributed by atoms with E-state index in [1.165, 1.54) is 0 Å². The molecule has 6 nitrogen and oxygen atoms in total. The molecule has 0 bridgehead atoms. The Morgan fingerprint density at radius 1 is 1.41 bits per heavy atom. The summed E-state index contributed by atoms with van der Waals surface area (Å²) < 4.78 is 5.08. The molecular weight excluding hydrogens is 280 g/mol. The van der Waals surface area contributed by atoms with Crippen LogP contribution in [0.5, 0.6) is 0 Å². The fraction of sp³-hybridized carbons (Fsp3) is 0.500. The first kappa shape index (κ1) is 18.0. The van der Waals surface area contributed by atoms with E-state index in [9.17, 15) is 4.79 Å². The van der Waals surface area contributed by atoms with Gasteiger partial charge in [0, 0.05) is 17.9 Å². The molecule has 1 aromatic carbocycles. The third-order valence-corrected chi connectivity index (χ3v) is 3.48. The summed E-state index contributed by atoms with van der Waals surface area (Å²) in [6.45, 7) is 5.99. The van der Waals surface area contributed by atoms with Crippen molar-refractivity contribution < 1.29 is 9.53 Å². The van der Waals surface area contributed by atoms with Crippen molar-refractivity contribution in [3.05, 3.63) is 29.3 Å². The number of carbonyl (C=O) groups excluding carboxylic acids is 1. The lowest BCUT2D eigenvalue weighted by atomic mass is 9.89. The Bertz CT molecular complexity index is 555. The highest BCUT2D eigenvalue weighted by Crippen LogP contribution is 2.24. The van der Waals surface area contributed by atoms with Crippen molar-refractivity contribution in [2.24, 2.45) is 17.4 Å². The van der Waals surface area contributed by atoms with Crippen LogP contribution in [0.3, 0.4) is 0 Å². The van der Waals surface area contributed by atoms with E-state index in [2.05, 4.69) is 0 Å². The summed E-state index contributed by atoms with van der Waals surface area (Å²) in [6, 6.07) is 5.46. The standard InChI is InChI=1S/C16H26N4O2/c1-10(8-16(2,3)22-15(20)21)6-14(19)11-4-5-13(18)12(7-11)9-17/h4-5,7,10,19H,6,8-9,17-18H2,1-3H3,(H2,20,21). The molecule has 0 saturated carbocycles. The van der Waals surface area contributed by atoms with Crippen LogP contribution in [0.4, 0.5) is 10.5 Å². The number of hydrogen-bond donors (Lipinski definition) is 4. The van der Waals surface area contributed by atoms with Crippen molar-refractivity contribution in [2.75, 3.05) is 5.73 Å². The van der Waals surface area contributed by atoms with Crippen LogP contribution in [-0.2, 0) is 11.3 Å². The number of primary amides is 1. The van der Waals surface area contributed by atoms with Gasteiger partial charge in [-0.1, -0.05) is 13.0 Å². The highest BCUT2D eigenvalue weighted by molar-refractivity contribution is 5.98. The first-order chi connectivity index (χ1) is 10.1. The van der Waals surface area contributed by atoms with Gasteiger partial charge in [-0.15, -0.1) is 0 Å². The lowest BCUT2D eigenvalue weighted by molar-refractivity contribution is 0.0290. The third kappa shape index (κ3) is 5.37. The van der Waals surface area contributed by atoms with Gasteiger partial charge in [-0.2, -0.15) is 0 Å². The Morgan fingerprint density at radius 2 is 2.05 bits per heavy atom. The SMILES string of the molecule is CC(CC(=N)c1ccc(N)c(CN)c1)CC(C)(C)OC(N)=O. The van der Waals surface area contributed by atoms with Crippen molar-refractivity contribution in [2.45, 2.75) is 45.8 Å². The van der Waals surface area contributed by atoms with Gasteiger partial charge >= 0.3 is 6.09 Å². The molecule has 6 heteroatoms. The Hall–Kier alpha value is -2.08. The minimum Gasteiger partial charge on any atom is -0.444 e. The maximum Gasteiger partial charge on any atom is 0.405 e. The quantitative estimate of drug-likeness (QED) is 0.455. The van der Waals surface area contributed by atoms with Gasteiger partial charge in [0.2, 0.25) is 0 Å². The fourth-order valence-electron chi connectivity index (χ4n) is 2.66. The van der Waals surface area contributed by atoms with Crippen LogP contribution in [0.1, 0.15) is 44.7 Å². The van der Waals surface area contributed by atoms with E-state index in [1.807, 2.05) is 32.9 Å². The Kier molecular flexibility index (Phi) is 5.93. The summed E-state index contributed by atoms with van der Waals surface area (Å²) in [4.78, 5) is 10.9. The topological polar surface area (TPSA) is 128 Å². The number of ether oxygens (including phenoxy) is 1.